The first kappa shape index (κ1) is 10.6. The molecule has 0 spiro atoms. The maximum atomic E-state index is 11.2. The van der Waals surface area contributed by atoms with E-state index in [4.69, 9.17) is 16.9 Å². The zero-order valence-electron chi connectivity index (χ0n) is 7.70. The van der Waals surface area contributed by atoms with Gasteiger partial charge in [0.05, 0.1) is 5.88 Å². The number of carbonyl (C=O) groups excluding carboxylic acids is 1. The summed E-state index contributed by atoms with van der Waals surface area (Å²) in [5.41, 5.74) is 0.719. The van der Waals surface area contributed by atoms with Crippen molar-refractivity contribution in [3.8, 4) is 6.07 Å². The van der Waals surface area contributed by atoms with Gasteiger partial charge in [0.25, 0.3) is 0 Å². The third-order valence-electron chi connectivity index (χ3n) is 1.78. The van der Waals surface area contributed by atoms with Crippen LogP contribution in [0.25, 0.3) is 0 Å². The van der Waals surface area contributed by atoms with Gasteiger partial charge in [0, 0.05) is 19.4 Å². The number of nitrogens with zero attached hydrogens (tertiary/aromatic N) is 2. The van der Waals surface area contributed by atoms with Crippen LogP contribution in [-0.2, 0) is 4.79 Å². The fourth-order valence-corrected chi connectivity index (χ4v) is 1.16. The Balaban J connectivity index is 3.04. The van der Waals surface area contributed by atoms with Crippen molar-refractivity contribution in [2.24, 2.45) is 0 Å². The number of alkyl halides is 1. The predicted octanol–water partition coefficient (Wildman–Crippen LogP) is 1.59. The summed E-state index contributed by atoms with van der Waals surface area (Å²) in [6.07, 6.45) is 6.97. The van der Waals surface area contributed by atoms with Crippen LogP contribution < -0.4 is 0 Å². The second-order valence-electron chi connectivity index (χ2n) is 2.80. The first-order valence-electron chi connectivity index (χ1n) is 4.01. The number of nitriles is 1. The molecule has 1 rings (SSSR count). The zero-order valence-corrected chi connectivity index (χ0v) is 8.45. The Morgan fingerprint density at radius 3 is 2.57 bits per heavy atom. The van der Waals surface area contributed by atoms with E-state index in [1.165, 1.54) is 0 Å². The Morgan fingerprint density at radius 1 is 1.57 bits per heavy atom. The summed E-state index contributed by atoms with van der Waals surface area (Å²) < 4.78 is 0. The molecule has 0 amide bonds. The van der Waals surface area contributed by atoms with Crippen molar-refractivity contribution >= 4 is 17.4 Å². The van der Waals surface area contributed by atoms with Crippen LogP contribution in [0.2, 0.25) is 0 Å². The van der Waals surface area contributed by atoms with E-state index < -0.39 is 0 Å². The van der Waals surface area contributed by atoms with E-state index in [1.54, 1.807) is 24.6 Å². The highest BCUT2D eigenvalue weighted by Gasteiger charge is 2.12. The highest BCUT2D eigenvalue weighted by atomic mass is 35.5. The summed E-state index contributed by atoms with van der Waals surface area (Å²) >= 11 is 5.38. The third-order valence-corrected chi connectivity index (χ3v) is 2.02. The van der Waals surface area contributed by atoms with Crippen molar-refractivity contribution < 1.29 is 4.79 Å². The Hall–Kier alpha value is -1.53. The third kappa shape index (κ3) is 2.24. The molecule has 0 N–H and O–H groups in total. The molecule has 3 nitrogen and oxygen atoms in total. The molecule has 4 heteroatoms. The van der Waals surface area contributed by atoms with Gasteiger partial charge in [-0.25, -0.2) is 0 Å². The van der Waals surface area contributed by atoms with Crippen molar-refractivity contribution in [1.82, 2.24) is 4.90 Å². The highest BCUT2D eigenvalue weighted by molar-refractivity contribution is 6.31. The minimum atomic E-state index is -0.344. The van der Waals surface area contributed by atoms with E-state index in [-0.39, 0.29) is 17.2 Å². The van der Waals surface area contributed by atoms with Gasteiger partial charge in [0.15, 0.2) is 5.78 Å². The summed E-state index contributed by atoms with van der Waals surface area (Å²) in [6.45, 7) is 0. The molecule has 1 heterocycles. The van der Waals surface area contributed by atoms with E-state index in [9.17, 15) is 4.79 Å². The molecule has 14 heavy (non-hydrogen) atoms. The lowest BCUT2D eigenvalue weighted by Crippen LogP contribution is -2.08. The van der Waals surface area contributed by atoms with Gasteiger partial charge in [0.2, 0.25) is 0 Å². The van der Waals surface area contributed by atoms with E-state index in [1.807, 2.05) is 18.0 Å². The van der Waals surface area contributed by atoms with Crippen molar-refractivity contribution in [2.75, 3.05) is 12.9 Å². The Kier molecular flexibility index (Phi) is 3.49. The van der Waals surface area contributed by atoms with Gasteiger partial charge < -0.3 is 4.90 Å². The number of hydrogen-bond acceptors (Lipinski definition) is 3. The summed E-state index contributed by atoms with van der Waals surface area (Å²) in [5.74, 6) is -0.507. The number of ketones is 1. The van der Waals surface area contributed by atoms with Gasteiger partial charge in [-0.3, -0.25) is 4.79 Å². The lowest BCUT2D eigenvalue weighted by molar-refractivity contribution is -0.113. The Labute approximate surface area is 87.6 Å². The Morgan fingerprint density at radius 2 is 2.14 bits per heavy atom. The predicted molar refractivity (Wildman–Crippen MR) is 54.4 cm³/mol. The molecule has 0 radical (unpaired) electrons. The molecule has 0 aromatic carbocycles. The zero-order chi connectivity index (χ0) is 10.6. The van der Waals surface area contributed by atoms with Crippen LogP contribution in [0.1, 0.15) is 0 Å². The molecule has 0 aromatic heterocycles. The number of Topliss-reactive ketones (excluding diaryl/α,β-unsaturated/α-hetero) is 1. The number of hydrogen-bond donors (Lipinski definition) is 0. The molecular weight excluding hydrogens is 200 g/mol. The van der Waals surface area contributed by atoms with Crippen LogP contribution in [0, 0.1) is 11.3 Å². The number of carbonyl (C=O) groups is 1. The average molecular weight is 209 g/mol. The number of allylic oxidation sites excluding steroid dienone is 4. The molecule has 0 saturated heterocycles. The van der Waals surface area contributed by atoms with E-state index >= 15 is 0 Å². The van der Waals surface area contributed by atoms with Crippen molar-refractivity contribution in [2.45, 2.75) is 0 Å². The maximum Gasteiger partial charge on any atom is 0.188 e. The first-order valence-corrected chi connectivity index (χ1v) is 4.54. The molecule has 0 fully saturated rings. The van der Waals surface area contributed by atoms with Crippen LogP contribution >= 0.6 is 11.6 Å². The van der Waals surface area contributed by atoms with Gasteiger partial charge in [-0.15, -0.1) is 11.6 Å². The van der Waals surface area contributed by atoms with Gasteiger partial charge >= 0.3 is 0 Å². The van der Waals surface area contributed by atoms with Crippen LogP contribution in [0.15, 0.2) is 35.7 Å². The van der Waals surface area contributed by atoms with E-state index in [2.05, 4.69) is 0 Å². The molecule has 0 aliphatic carbocycles. The van der Waals surface area contributed by atoms with E-state index in [0.717, 1.165) is 0 Å². The van der Waals surface area contributed by atoms with Crippen molar-refractivity contribution in [1.29, 1.82) is 5.26 Å². The minimum absolute atomic E-state index is 0.112. The normalized spacial score (nSPS) is 14.1. The second kappa shape index (κ2) is 4.64. The number of halogens is 1. The molecule has 0 atom stereocenters. The van der Waals surface area contributed by atoms with Crippen molar-refractivity contribution in [3.05, 3.63) is 35.7 Å². The fourth-order valence-electron chi connectivity index (χ4n) is 1.02. The molecule has 0 aromatic rings. The van der Waals surface area contributed by atoms with E-state index in [0.29, 0.717) is 5.57 Å². The molecule has 1 aliphatic heterocycles. The van der Waals surface area contributed by atoms with Crippen LogP contribution in [0.4, 0.5) is 0 Å². The lowest BCUT2D eigenvalue weighted by Gasteiger charge is -2.12. The summed E-state index contributed by atoms with van der Waals surface area (Å²) in [5, 5.41) is 8.78. The number of rotatable bonds is 2. The summed E-state index contributed by atoms with van der Waals surface area (Å²) in [6, 6.07) is 1.86. The summed E-state index contributed by atoms with van der Waals surface area (Å²) in [4.78, 5) is 13.1. The average Bonchev–Trinajstić information content (AvgIpc) is 2.21. The quantitative estimate of drug-likeness (QED) is 0.393. The molecule has 72 valence electrons. The maximum absolute atomic E-state index is 11.2. The topological polar surface area (TPSA) is 44.1 Å². The van der Waals surface area contributed by atoms with Crippen molar-refractivity contribution in [3.63, 3.8) is 0 Å². The highest BCUT2D eigenvalue weighted by Crippen LogP contribution is 2.13. The van der Waals surface area contributed by atoms with Gasteiger partial charge in [-0.1, -0.05) is 0 Å². The van der Waals surface area contributed by atoms with Gasteiger partial charge in [0.1, 0.15) is 11.6 Å². The standard InChI is InChI=1S/C10H9ClN2O/c1-13-4-2-8(3-5-13)9(7-12)10(14)6-11/h2-5H,6H2,1H3. The summed E-state index contributed by atoms with van der Waals surface area (Å²) in [7, 11) is 1.86. The first-order chi connectivity index (χ1) is 6.69. The minimum Gasteiger partial charge on any atom is -0.357 e. The molecule has 0 unspecified atom stereocenters. The van der Waals surface area contributed by atoms with Crippen LogP contribution in [0.5, 0.6) is 0 Å². The van der Waals surface area contributed by atoms with Gasteiger partial charge in [-0.2, -0.15) is 5.26 Å². The molecule has 0 saturated carbocycles. The Bertz CT molecular complexity index is 358. The fraction of sp³-hybridized carbons (Fsp3) is 0.200. The largest absolute Gasteiger partial charge is 0.357 e. The second-order valence-corrected chi connectivity index (χ2v) is 3.06. The monoisotopic (exact) mass is 208 g/mol. The van der Waals surface area contributed by atoms with Crippen LogP contribution in [-0.4, -0.2) is 23.6 Å². The van der Waals surface area contributed by atoms with Gasteiger partial charge in [-0.05, 0) is 17.7 Å². The SMILES string of the molecule is CN1C=CC(=C(C#N)C(=O)CCl)C=C1. The smallest absolute Gasteiger partial charge is 0.188 e. The molecule has 0 bridgehead atoms. The molecule has 1 aliphatic rings. The van der Waals surface area contributed by atoms with Crippen LogP contribution in [0.3, 0.4) is 0 Å². The lowest BCUT2D eigenvalue weighted by atomic mass is 10.0. The molecular formula is C10H9ClN2O.